The van der Waals surface area contributed by atoms with Gasteiger partial charge in [-0.1, -0.05) is 23.3 Å². The highest BCUT2D eigenvalue weighted by molar-refractivity contribution is 5.09. The van der Waals surface area contributed by atoms with Crippen LogP contribution in [0.5, 0.6) is 0 Å². The Labute approximate surface area is 64.6 Å². The summed E-state index contributed by atoms with van der Waals surface area (Å²) in [6.07, 6.45) is 7.59. The Hall–Kier alpha value is -0.520. The molecule has 0 rings (SSSR count). The first-order valence-electron chi connectivity index (χ1n) is 3.75. The van der Waals surface area contributed by atoms with Gasteiger partial charge in [-0.05, 0) is 40.5 Å². The van der Waals surface area contributed by atoms with Gasteiger partial charge >= 0.3 is 0 Å². The smallest absolute Gasteiger partial charge is 0.0128 e. The third kappa shape index (κ3) is 5.61. The lowest BCUT2D eigenvalue weighted by Gasteiger charge is -1.94. The Balaban J connectivity index is 3.47. The first-order chi connectivity index (χ1) is 4.66. The average Bonchev–Trinajstić information content (AvgIpc) is 1.87. The minimum Gasteiger partial charge on any atom is -0.0887 e. The van der Waals surface area contributed by atoms with Crippen LogP contribution in [0.4, 0.5) is 0 Å². The van der Waals surface area contributed by atoms with E-state index in [1.807, 2.05) is 0 Å². The molecule has 0 heteroatoms. The first-order valence-corrected chi connectivity index (χ1v) is 3.75. The fourth-order valence-corrected chi connectivity index (χ4v) is 0.598. The summed E-state index contributed by atoms with van der Waals surface area (Å²) in [5, 5.41) is 0. The van der Waals surface area contributed by atoms with Crippen LogP contribution in [-0.4, -0.2) is 0 Å². The van der Waals surface area contributed by atoms with Gasteiger partial charge in [0.1, 0.15) is 0 Å². The first kappa shape index (κ1) is 9.48. The summed E-state index contributed by atoms with van der Waals surface area (Å²) in [4.78, 5) is 0. The molecule has 0 aliphatic carbocycles. The zero-order valence-electron chi connectivity index (χ0n) is 7.44. The van der Waals surface area contributed by atoms with Gasteiger partial charge in [0.2, 0.25) is 0 Å². The second-order valence-corrected chi connectivity index (χ2v) is 2.82. The van der Waals surface area contributed by atoms with Crippen LogP contribution in [0, 0.1) is 6.42 Å². The number of hydrogen-bond acceptors (Lipinski definition) is 0. The zero-order chi connectivity index (χ0) is 7.98. The van der Waals surface area contributed by atoms with E-state index < -0.39 is 0 Å². The molecule has 0 spiro atoms. The maximum Gasteiger partial charge on any atom is -0.0128 e. The van der Waals surface area contributed by atoms with Gasteiger partial charge in [-0.2, -0.15) is 0 Å². The van der Waals surface area contributed by atoms with Crippen molar-refractivity contribution in [2.24, 2.45) is 0 Å². The predicted octanol–water partition coefficient (Wildman–Crippen LogP) is 3.51. The maximum absolute atomic E-state index is 2.20. The van der Waals surface area contributed by atoms with Crippen LogP contribution < -0.4 is 0 Å². The summed E-state index contributed by atoms with van der Waals surface area (Å²) in [5.74, 6) is 0. The Kier molecular flexibility index (Phi) is 5.00. The van der Waals surface area contributed by atoms with Crippen molar-refractivity contribution >= 4 is 0 Å². The Bertz CT molecular complexity index is 134. The topological polar surface area (TPSA) is 0 Å². The van der Waals surface area contributed by atoms with E-state index in [-0.39, 0.29) is 0 Å². The minimum atomic E-state index is 1.08. The molecule has 0 amide bonds. The molecule has 0 aromatic heterocycles. The summed E-state index contributed by atoms with van der Waals surface area (Å²) >= 11 is 0. The van der Waals surface area contributed by atoms with Crippen LogP contribution in [0.3, 0.4) is 0 Å². The molecule has 0 aliphatic rings. The summed E-state index contributed by atoms with van der Waals surface area (Å²) in [5.41, 5.74) is 2.79. The van der Waals surface area contributed by atoms with Crippen molar-refractivity contribution < 1.29 is 0 Å². The number of rotatable bonds is 3. The fraction of sp³-hybridized carbons (Fsp3) is 0.500. The lowest BCUT2D eigenvalue weighted by atomic mass is 10.1. The van der Waals surface area contributed by atoms with E-state index in [2.05, 4.69) is 46.3 Å². The van der Waals surface area contributed by atoms with Gasteiger partial charge in [-0.15, -0.1) is 0 Å². The predicted molar refractivity (Wildman–Crippen MR) is 47.8 cm³/mol. The Morgan fingerprint density at radius 2 is 1.80 bits per heavy atom. The molecule has 0 aromatic rings. The molecule has 0 bridgehead atoms. The molecule has 0 unspecified atom stereocenters. The van der Waals surface area contributed by atoms with Crippen LogP contribution in [-0.2, 0) is 0 Å². The van der Waals surface area contributed by atoms with E-state index in [9.17, 15) is 0 Å². The molecule has 0 heterocycles. The van der Waals surface area contributed by atoms with Gasteiger partial charge in [0.25, 0.3) is 0 Å². The SMILES string of the molecule is CC=C(C)C[CH]C=C(C)C. The molecule has 0 saturated carbocycles. The van der Waals surface area contributed by atoms with Crippen molar-refractivity contribution in [3.8, 4) is 0 Å². The minimum absolute atomic E-state index is 1.08. The van der Waals surface area contributed by atoms with Crippen LogP contribution in [0.1, 0.15) is 34.1 Å². The lowest BCUT2D eigenvalue weighted by molar-refractivity contribution is 1.13. The van der Waals surface area contributed by atoms with Crippen LogP contribution in [0.15, 0.2) is 23.3 Å². The van der Waals surface area contributed by atoms with E-state index in [0.717, 1.165) is 6.42 Å². The molecule has 0 aromatic carbocycles. The highest BCUT2D eigenvalue weighted by atomic mass is 13.9. The van der Waals surface area contributed by atoms with Gasteiger partial charge < -0.3 is 0 Å². The van der Waals surface area contributed by atoms with Gasteiger partial charge in [-0.25, -0.2) is 0 Å². The molecule has 0 nitrogen and oxygen atoms in total. The van der Waals surface area contributed by atoms with E-state index in [4.69, 9.17) is 0 Å². The molecule has 10 heavy (non-hydrogen) atoms. The van der Waals surface area contributed by atoms with Crippen LogP contribution >= 0.6 is 0 Å². The maximum atomic E-state index is 2.20. The van der Waals surface area contributed by atoms with Crippen molar-refractivity contribution in [1.82, 2.24) is 0 Å². The molecule has 0 saturated heterocycles. The van der Waals surface area contributed by atoms with Gasteiger partial charge in [0.15, 0.2) is 0 Å². The summed E-state index contributed by atoms with van der Waals surface area (Å²) < 4.78 is 0. The zero-order valence-corrected chi connectivity index (χ0v) is 7.44. The third-order valence-corrected chi connectivity index (χ3v) is 1.38. The third-order valence-electron chi connectivity index (χ3n) is 1.38. The summed E-state index contributed by atoms with van der Waals surface area (Å²) in [6.45, 7) is 8.45. The number of allylic oxidation sites excluding steroid dienone is 4. The lowest BCUT2D eigenvalue weighted by Crippen LogP contribution is -1.75. The van der Waals surface area contributed by atoms with E-state index in [0.29, 0.717) is 0 Å². The molecule has 0 atom stereocenters. The van der Waals surface area contributed by atoms with Gasteiger partial charge in [0.05, 0.1) is 0 Å². The largest absolute Gasteiger partial charge is 0.0887 e. The van der Waals surface area contributed by atoms with E-state index in [1.165, 1.54) is 11.1 Å². The fourth-order valence-electron chi connectivity index (χ4n) is 0.598. The quantitative estimate of drug-likeness (QED) is 0.522. The second kappa shape index (κ2) is 5.28. The summed E-state index contributed by atoms with van der Waals surface area (Å²) in [7, 11) is 0. The normalized spacial score (nSPS) is 11.4. The van der Waals surface area contributed by atoms with E-state index >= 15 is 0 Å². The Morgan fingerprint density at radius 3 is 2.20 bits per heavy atom. The standard InChI is InChI=1S/C10H17/c1-5-10(4)8-6-7-9(2)3/h5-7H,8H2,1-4H3. The van der Waals surface area contributed by atoms with Crippen molar-refractivity contribution in [1.29, 1.82) is 0 Å². The Morgan fingerprint density at radius 1 is 1.20 bits per heavy atom. The molecule has 1 radical (unpaired) electrons. The molecule has 57 valence electrons. The highest BCUT2D eigenvalue weighted by Crippen LogP contribution is 2.04. The highest BCUT2D eigenvalue weighted by Gasteiger charge is 1.85. The monoisotopic (exact) mass is 137 g/mol. The van der Waals surface area contributed by atoms with Crippen molar-refractivity contribution in [3.05, 3.63) is 29.7 Å². The summed E-state index contributed by atoms with van der Waals surface area (Å²) in [6, 6.07) is 0. The van der Waals surface area contributed by atoms with Crippen LogP contribution in [0.25, 0.3) is 0 Å². The van der Waals surface area contributed by atoms with Crippen molar-refractivity contribution in [2.75, 3.05) is 0 Å². The molecule has 0 N–H and O–H groups in total. The average molecular weight is 137 g/mol. The van der Waals surface area contributed by atoms with Crippen LogP contribution in [0.2, 0.25) is 0 Å². The van der Waals surface area contributed by atoms with Gasteiger partial charge in [0, 0.05) is 0 Å². The van der Waals surface area contributed by atoms with Gasteiger partial charge in [-0.3, -0.25) is 0 Å². The second-order valence-electron chi connectivity index (χ2n) is 2.82. The molecular formula is C10H17. The molecule has 0 aliphatic heterocycles. The van der Waals surface area contributed by atoms with Crippen molar-refractivity contribution in [2.45, 2.75) is 34.1 Å². The molecule has 0 fully saturated rings. The number of hydrogen-bond donors (Lipinski definition) is 0. The van der Waals surface area contributed by atoms with Crippen molar-refractivity contribution in [3.63, 3.8) is 0 Å². The molecular weight excluding hydrogens is 120 g/mol. The van der Waals surface area contributed by atoms with E-state index in [1.54, 1.807) is 0 Å².